The first-order chi connectivity index (χ1) is 9.60. The molecule has 1 aromatic carbocycles. The lowest BCUT2D eigenvalue weighted by Gasteiger charge is -2.27. The summed E-state index contributed by atoms with van der Waals surface area (Å²) in [7, 11) is 0. The second kappa shape index (κ2) is 8.59. The zero-order valence-electron chi connectivity index (χ0n) is 12.9. The standard InChI is InChI=1S/C16H27N3O/c1-4-6-11-18-16(20)13(3)19(5-2)12-14-9-7-8-10-15(14)17/h7-10,13H,4-6,11-12,17H2,1-3H3,(H,18,20). The van der Waals surface area contributed by atoms with Gasteiger partial charge in [0, 0.05) is 18.8 Å². The van der Waals surface area contributed by atoms with E-state index in [2.05, 4.69) is 24.1 Å². The molecule has 0 aromatic heterocycles. The largest absolute Gasteiger partial charge is 0.398 e. The second-order valence-electron chi connectivity index (χ2n) is 5.08. The van der Waals surface area contributed by atoms with Gasteiger partial charge in [-0.25, -0.2) is 0 Å². The number of nitrogens with zero attached hydrogens (tertiary/aromatic N) is 1. The van der Waals surface area contributed by atoms with Gasteiger partial charge >= 0.3 is 0 Å². The van der Waals surface area contributed by atoms with E-state index in [9.17, 15) is 4.79 Å². The van der Waals surface area contributed by atoms with Gasteiger partial charge < -0.3 is 11.1 Å². The van der Waals surface area contributed by atoms with Crippen molar-refractivity contribution in [1.29, 1.82) is 0 Å². The van der Waals surface area contributed by atoms with Gasteiger partial charge in [0.2, 0.25) is 5.91 Å². The number of amides is 1. The Balaban J connectivity index is 2.61. The van der Waals surface area contributed by atoms with Crippen molar-refractivity contribution >= 4 is 11.6 Å². The van der Waals surface area contributed by atoms with Gasteiger partial charge in [0.05, 0.1) is 6.04 Å². The summed E-state index contributed by atoms with van der Waals surface area (Å²) < 4.78 is 0. The van der Waals surface area contributed by atoms with Crippen LogP contribution in [-0.4, -0.2) is 29.9 Å². The molecule has 0 bridgehead atoms. The number of nitrogens with one attached hydrogen (secondary N) is 1. The lowest BCUT2D eigenvalue weighted by Crippen LogP contribution is -2.45. The van der Waals surface area contributed by atoms with E-state index in [-0.39, 0.29) is 11.9 Å². The summed E-state index contributed by atoms with van der Waals surface area (Å²) in [6.07, 6.45) is 2.11. The minimum absolute atomic E-state index is 0.0924. The lowest BCUT2D eigenvalue weighted by atomic mass is 10.1. The second-order valence-corrected chi connectivity index (χ2v) is 5.08. The molecule has 1 rings (SSSR count). The van der Waals surface area contributed by atoms with Crippen LogP contribution in [0.1, 0.15) is 39.2 Å². The molecule has 0 saturated heterocycles. The van der Waals surface area contributed by atoms with Crippen molar-refractivity contribution in [3.8, 4) is 0 Å². The number of carbonyl (C=O) groups excluding carboxylic acids is 1. The fraction of sp³-hybridized carbons (Fsp3) is 0.562. The van der Waals surface area contributed by atoms with Gasteiger partial charge in [0.1, 0.15) is 0 Å². The number of hydrogen-bond acceptors (Lipinski definition) is 3. The minimum atomic E-state index is -0.142. The van der Waals surface area contributed by atoms with Crippen molar-refractivity contribution in [2.75, 3.05) is 18.8 Å². The number of likely N-dealkylation sites (N-methyl/N-ethyl adjacent to an activating group) is 1. The molecule has 112 valence electrons. The van der Waals surface area contributed by atoms with Crippen LogP contribution in [0.2, 0.25) is 0 Å². The summed E-state index contributed by atoms with van der Waals surface area (Å²) in [5.41, 5.74) is 7.82. The molecular formula is C16H27N3O. The molecular weight excluding hydrogens is 250 g/mol. The molecule has 1 aromatic rings. The number of nitrogen functional groups attached to an aromatic ring is 1. The van der Waals surface area contributed by atoms with Crippen LogP contribution >= 0.6 is 0 Å². The third-order valence-electron chi connectivity index (χ3n) is 3.59. The molecule has 1 unspecified atom stereocenters. The number of para-hydroxylation sites is 1. The smallest absolute Gasteiger partial charge is 0.237 e. The molecule has 0 spiro atoms. The Labute approximate surface area is 122 Å². The van der Waals surface area contributed by atoms with Crippen molar-refractivity contribution in [2.24, 2.45) is 0 Å². The third-order valence-corrected chi connectivity index (χ3v) is 3.59. The zero-order valence-corrected chi connectivity index (χ0v) is 12.9. The highest BCUT2D eigenvalue weighted by atomic mass is 16.2. The highest BCUT2D eigenvalue weighted by molar-refractivity contribution is 5.81. The SMILES string of the molecule is CCCCNC(=O)C(C)N(CC)Cc1ccccc1N. The molecule has 1 atom stereocenters. The molecule has 1 amide bonds. The molecule has 4 nitrogen and oxygen atoms in total. The van der Waals surface area contributed by atoms with E-state index in [0.717, 1.165) is 37.2 Å². The van der Waals surface area contributed by atoms with Gasteiger partial charge in [-0.3, -0.25) is 9.69 Å². The maximum absolute atomic E-state index is 12.1. The van der Waals surface area contributed by atoms with E-state index in [0.29, 0.717) is 6.54 Å². The average Bonchev–Trinajstić information content (AvgIpc) is 2.46. The van der Waals surface area contributed by atoms with Crippen LogP contribution in [0.15, 0.2) is 24.3 Å². The van der Waals surface area contributed by atoms with Crippen LogP contribution in [-0.2, 0) is 11.3 Å². The van der Waals surface area contributed by atoms with Crippen LogP contribution in [0.5, 0.6) is 0 Å². The predicted octanol–water partition coefficient (Wildman–Crippen LogP) is 2.40. The third kappa shape index (κ3) is 4.85. The fourth-order valence-electron chi connectivity index (χ4n) is 2.12. The van der Waals surface area contributed by atoms with Gasteiger partial charge in [-0.05, 0) is 31.5 Å². The molecule has 0 saturated carbocycles. The molecule has 0 aliphatic rings. The molecule has 0 aliphatic carbocycles. The summed E-state index contributed by atoms with van der Waals surface area (Å²) in [5, 5.41) is 2.99. The highest BCUT2D eigenvalue weighted by Crippen LogP contribution is 2.15. The number of nitrogens with two attached hydrogens (primary N) is 1. The van der Waals surface area contributed by atoms with E-state index in [4.69, 9.17) is 5.73 Å². The van der Waals surface area contributed by atoms with Gasteiger partial charge in [-0.2, -0.15) is 0 Å². The van der Waals surface area contributed by atoms with Crippen molar-refractivity contribution in [3.05, 3.63) is 29.8 Å². The van der Waals surface area contributed by atoms with Crippen molar-refractivity contribution in [3.63, 3.8) is 0 Å². The molecule has 0 radical (unpaired) electrons. The normalized spacial score (nSPS) is 12.4. The monoisotopic (exact) mass is 277 g/mol. The zero-order chi connectivity index (χ0) is 15.0. The fourth-order valence-corrected chi connectivity index (χ4v) is 2.12. The average molecular weight is 277 g/mol. The number of carbonyl (C=O) groups is 1. The van der Waals surface area contributed by atoms with E-state index in [1.54, 1.807) is 0 Å². The first-order valence-corrected chi connectivity index (χ1v) is 7.45. The summed E-state index contributed by atoms with van der Waals surface area (Å²) in [5.74, 6) is 0.0924. The van der Waals surface area contributed by atoms with Crippen LogP contribution in [0.3, 0.4) is 0 Å². The Kier molecular flexibility index (Phi) is 7.09. The van der Waals surface area contributed by atoms with Gasteiger partial charge in [0.25, 0.3) is 0 Å². The minimum Gasteiger partial charge on any atom is -0.398 e. The summed E-state index contributed by atoms with van der Waals surface area (Å²) in [4.78, 5) is 14.2. The Morgan fingerprint density at radius 1 is 1.35 bits per heavy atom. The van der Waals surface area contributed by atoms with Crippen molar-refractivity contribution < 1.29 is 4.79 Å². The van der Waals surface area contributed by atoms with Crippen LogP contribution < -0.4 is 11.1 Å². The Bertz CT molecular complexity index is 420. The van der Waals surface area contributed by atoms with E-state index >= 15 is 0 Å². The topological polar surface area (TPSA) is 58.4 Å². The highest BCUT2D eigenvalue weighted by Gasteiger charge is 2.20. The molecule has 3 N–H and O–H groups in total. The Hall–Kier alpha value is -1.55. The van der Waals surface area contributed by atoms with Gasteiger partial charge in [0.15, 0.2) is 0 Å². The maximum Gasteiger partial charge on any atom is 0.237 e. The summed E-state index contributed by atoms with van der Waals surface area (Å²) in [6, 6.07) is 7.67. The molecule has 0 fully saturated rings. The Morgan fingerprint density at radius 3 is 2.65 bits per heavy atom. The van der Waals surface area contributed by atoms with Crippen LogP contribution in [0, 0.1) is 0 Å². The van der Waals surface area contributed by atoms with E-state index in [1.165, 1.54) is 0 Å². The number of anilines is 1. The quantitative estimate of drug-likeness (QED) is 0.566. The number of unbranched alkanes of at least 4 members (excludes halogenated alkanes) is 1. The lowest BCUT2D eigenvalue weighted by molar-refractivity contribution is -0.126. The van der Waals surface area contributed by atoms with Crippen molar-refractivity contribution in [2.45, 2.75) is 46.2 Å². The first-order valence-electron chi connectivity index (χ1n) is 7.45. The van der Waals surface area contributed by atoms with E-state index < -0.39 is 0 Å². The number of rotatable bonds is 8. The van der Waals surface area contributed by atoms with Crippen LogP contribution in [0.4, 0.5) is 5.69 Å². The van der Waals surface area contributed by atoms with Gasteiger partial charge in [-0.15, -0.1) is 0 Å². The predicted molar refractivity (Wildman–Crippen MR) is 84.3 cm³/mol. The Morgan fingerprint density at radius 2 is 2.05 bits per heavy atom. The molecule has 0 aliphatic heterocycles. The summed E-state index contributed by atoms with van der Waals surface area (Å²) in [6.45, 7) is 8.40. The molecule has 4 heteroatoms. The van der Waals surface area contributed by atoms with Crippen LogP contribution in [0.25, 0.3) is 0 Å². The number of benzene rings is 1. The molecule has 20 heavy (non-hydrogen) atoms. The summed E-state index contributed by atoms with van der Waals surface area (Å²) >= 11 is 0. The first kappa shape index (κ1) is 16.5. The van der Waals surface area contributed by atoms with Gasteiger partial charge in [-0.1, -0.05) is 38.5 Å². The maximum atomic E-state index is 12.1. The molecule has 0 heterocycles. The number of hydrogen-bond donors (Lipinski definition) is 2. The van der Waals surface area contributed by atoms with E-state index in [1.807, 2.05) is 31.2 Å². The van der Waals surface area contributed by atoms with Crippen molar-refractivity contribution in [1.82, 2.24) is 10.2 Å².